The molecule has 11 heteroatoms. The maximum atomic E-state index is 12.1. The first-order valence-electron chi connectivity index (χ1n) is 9.69. The molecule has 0 atom stereocenters. The van der Waals surface area contributed by atoms with Gasteiger partial charge in [0.15, 0.2) is 11.4 Å². The molecule has 32 heavy (non-hydrogen) atoms. The van der Waals surface area contributed by atoms with E-state index in [9.17, 15) is 4.79 Å². The second-order valence-electron chi connectivity index (χ2n) is 6.51. The third-order valence-electron chi connectivity index (χ3n) is 4.42. The number of pyridine rings is 3. The molecular weight excluding hydrogens is 414 g/mol. The molecule has 4 aromatic heterocycles. The molecule has 0 aliphatic rings. The highest BCUT2D eigenvalue weighted by Crippen LogP contribution is 2.30. The van der Waals surface area contributed by atoms with Crippen molar-refractivity contribution in [3.8, 4) is 28.5 Å². The summed E-state index contributed by atoms with van der Waals surface area (Å²) >= 11 is 0. The van der Waals surface area contributed by atoms with Gasteiger partial charge in [-0.3, -0.25) is 10.3 Å². The third kappa shape index (κ3) is 4.83. The molecular formula is C21H21N7O4. The van der Waals surface area contributed by atoms with Gasteiger partial charge in [-0.1, -0.05) is 0 Å². The minimum absolute atomic E-state index is 0.179. The molecule has 11 nitrogen and oxygen atoms in total. The van der Waals surface area contributed by atoms with Gasteiger partial charge in [0.1, 0.15) is 12.4 Å². The van der Waals surface area contributed by atoms with Crippen LogP contribution in [-0.4, -0.2) is 58.0 Å². The second kappa shape index (κ2) is 9.60. The smallest absolute Gasteiger partial charge is 0.321 e. The lowest BCUT2D eigenvalue weighted by Gasteiger charge is -2.08. The number of urea groups is 1. The van der Waals surface area contributed by atoms with Gasteiger partial charge in [-0.25, -0.2) is 14.3 Å². The van der Waals surface area contributed by atoms with Crippen LogP contribution < -0.4 is 24.8 Å². The number of ether oxygens (including phenoxy) is 3. The van der Waals surface area contributed by atoms with Gasteiger partial charge in [0, 0.05) is 24.2 Å². The summed E-state index contributed by atoms with van der Waals surface area (Å²) in [4.78, 5) is 24.7. The Morgan fingerprint density at radius 1 is 1.12 bits per heavy atom. The van der Waals surface area contributed by atoms with E-state index in [0.717, 1.165) is 11.1 Å². The highest BCUT2D eigenvalue weighted by molar-refractivity contribution is 5.87. The summed E-state index contributed by atoms with van der Waals surface area (Å²) in [5.41, 5.74) is 2.25. The number of carbonyl (C=O) groups is 1. The number of nitrogens with zero attached hydrogens (tertiary/aromatic N) is 5. The first kappa shape index (κ1) is 20.8. The van der Waals surface area contributed by atoms with Crippen LogP contribution in [0, 0.1) is 0 Å². The van der Waals surface area contributed by atoms with Gasteiger partial charge in [-0.05, 0) is 35.9 Å². The van der Waals surface area contributed by atoms with Crippen LogP contribution in [0.3, 0.4) is 0 Å². The van der Waals surface area contributed by atoms with E-state index >= 15 is 0 Å². The quantitative estimate of drug-likeness (QED) is 0.404. The van der Waals surface area contributed by atoms with Crippen LogP contribution in [0.2, 0.25) is 0 Å². The van der Waals surface area contributed by atoms with E-state index in [-0.39, 0.29) is 5.95 Å². The van der Waals surface area contributed by atoms with Crippen LogP contribution in [0.15, 0.2) is 55.1 Å². The zero-order chi connectivity index (χ0) is 22.3. The van der Waals surface area contributed by atoms with Crippen molar-refractivity contribution < 1.29 is 19.0 Å². The SMILES string of the molecule is COc1cc(-c2ccn3nc(NC(=O)NCCOc4cccnc4)nc3c2)cnc1OC. The second-order valence-corrected chi connectivity index (χ2v) is 6.51. The van der Waals surface area contributed by atoms with Crippen molar-refractivity contribution in [2.75, 3.05) is 32.7 Å². The Balaban J connectivity index is 1.38. The number of hydrogen-bond donors (Lipinski definition) is 2. The van der Waals surface area contributed by atoms with E-state index in [1.54, 1.807) is 48.5 Å². The summed E-state index contributed by atoms with van der Waals surface area (Å²) in [6.07, 6.45) is 6.70. The van der Waals surface area contributed by atoms with E-state index in [2.05, 4.69) is 30.7 Å². The third-order valence-corrected chi connectivity index (χ3v) is 4.42. The molecule has 0 saturated carbocycles. The Labute approximate surface area is 183 Å². The molecule has 2 amide bonds. The van der Waals surface area contributed by atoms with Crippen molar-refractivity contribution >= 4 is 17.6 Å². The molecule has 4 rings (SSSR count). The van der Waals surface area contributed by atoms with Gasteiger partial charge in [0.25, 0.3) is 11.8 Å². The lowest BCUT2D eigenvalue weighted by molar-refractivity contribution is 0.247. The maximum Gasteiger partial charge on any atom is 0.321 e. The highest BCUT2D eigenvalue weighted by atomic mass is 16.5. The first-order chi connectivity index (χ1) is 15.7. The molecule has 164 valence electrons. The van der Waals surface area contributed by atoms with E-state index in [1.807, 2.05) is 18.2 Å². The first-order valence-corrected chi connectivity index (χ1v) is 9.69. The fourth-order valence-corrected chi connectivity index (χ4v) is 2.92. The number of fused-ring (bicyclic) bond motifs is 1. The minimum Gasteiger partial charge on any atom is -0.491 e. The largest absolute Gasteiger partial charge is 0.491 e. The van der Waals surface area contributed by atoms with Crippen LogP contribution in [-0.2, 0) is 0 Å². The molecule has 4 aromatic rings. The van der Waals surface area contributed by atoms with Gasteiger partial charge >= 0.3 is 6.03 Å². The van der Waals surface area contributed by atoms with E-state index in [4.69, 9.17) is 14.2 Å². The lowest BCUT2D eigenvalue weighted by Crippen LogP contribution is -2.32. The maximum absolute atomic E-state index is 12.1. The molecule has 0 bridgehead atoms. The fraction of sp³-hybridized carbons (Fsp3) is 0.190. The summed E-state index contributed by atoms with van der Waals surface area (Å²) < 4.78 is 17.5. The topological polar surface area (TPSA) is 125 Å². The van der Waals surface area contributed by atoms with Crippen molar-refractivity contribution in [1.29, 1.82) is 0 Å². The monoisotopic (exact) mass is 435 g/mol. The average Bonchev–Trinajstić information content (AvgIpc) is 3.23. The van der Waals surface area contributed by atoms with Crippen molar-refractivity contribution in [2.24, 2.45) is 0 Å². The minimum atomic E-state index is -0.431. The van der Waals surface area contributed by atoms with E-state index in [1.165, 1.54) is 7.11 Å². The molecule has 0 radical (unpaired) electrons. The fourth-order valence-electron chi connectivity index (χ4n) is 2.92. The Morgan fingerprint density at radius 3 is 2.81 bits per heavy atom. The molecule has 0 aliphatic carbocycles. The molecule has 0 spiro atoms. The number of hydrogen-bond acceptors (Lipinski definition) is 8. The zero-order valence-corrected chi connectivity index (χ0v) is 17.5. The predicted octanol–water partition coefficient (Wildman–Crippen LogP) is 2.40. The van der Waals surface area contributed by atoms with Crippen LogP contribution in [0.5, 0.6) is 17.4 Å². The summed E-state index contributed by atoms with van der Waals surface area (Å²) in [5.74, 6) is 1.75. The number of carbonyl (C=O) groups excluding carboxylic acids is 1. The molecule has 0 aromatic carbocycles. The molecule has 0 unspecified atom stereocenters. The van der Waals surface area contributed by atoms with Crippen molar-refractivity contribution in [3.05, 3.63) is 55.1 Å². The van der Waals surface area contributed by atoms with Crippen molar-refractivity contribution in [2.45, 2.75) is 0 Å². The van der Waals surface area contributed by atoms with Gasteiger partial charge in [-0.2, -0.15) is 4.98 Å². The van der Waals surface area contributed by atoms with Gasteiger partial charge in [0.05, 0.1) is 27.0 Å². The summed E-state index contributed by atoms with van der Waals surface area (Å²) in [7, 11) is 3.09. The summed E-state index contributed by atoms with van der Waals surface area (Å²) in [5, 5.41) is 9.56. The van der Waals surface area contributed by atoms with Crippen LogP contribution in [0.4, 0.5) is 10.7 Å². The number of amides is 2. The van der Waals surface area contributed by atoms with Crippen LogP contribution in [0.1, 0.15) is 0 Å². The Kier molecular flexibility index (Phi) is 6.25. The molecule has 0 saturated heterocycles. The lowest BCUT2D eigenvalue weighted by atomic mass is 10.1. The van der Waals surface area contributed by atoms with Crippen LogP contribution >= 0.6 is 0 Å². The average molecular weight is 435 g/mol. The number of nitrogens with one attached hydrogen (secondary N) is 2. The number of aromatic nitrogens is 5. The number of methoxy groups -OCH3 is 2. The van der Waals surface area contributed by atoms with Gasteiger partial charge in [0.2, 0.25) is 0 Å². The summed E-state index contributed by atoms with van der Waals surface area (Å²) in [6, 6.07) is 8.66. The van der Waals surface area contributed by atoms with Gasteiger partial charge < -0.3 is 19.5 Å². The standard InChI is InChI=1S/C21H21N7O4/c1-30-17-10-15(12-24-19(17)31-2)14-5-8-28-18(11-14)25-20(27-28)26-21(29)23-7-9-32-16-4-3-6-22-13-16/h3-6,8,10-13H,7,9H2,1-2H3,(H2,23,26,27,29). The highest BCUT2D eigenvalue weighted by Gasteiger charge is 2.11. The van der Waals surface area contributed by atoms with Crippen LogP contribution in [0.25, 0.3) is 16.8 Å². The Bertz CT molecular complexity index is 1210. The molecule has 4 heterocycles. The van der Waals surface area contributed by atoms with Crippen molar-refractivity contribution in [1.82, 2.24) is 29.9 Å². The zero-order valence-electron chi connectivity index (χ0n) is 17.5. The molecule has 2 N–H and O–H groups in total. The Hall–Kier alpha value is -4.41. The van der Waals surface area contributed by atoms with Crippen molar-refractivity contribution in [3.63, 3.8) is 0 Å². The normalized spacial score (nSPS) is 10.6. The van der Waals surface area contributed by atoms with Gasteiger partial charge in [-0.15, -0.1) is 5.10 Å². The van der Waals surface area contributed by atoms with E-state index < -0.39 is 6.03 Å². The van der Waals surface area contributed by atoms with E-state index in [0.29, 0.717) is 36.2 Å². The predicted molar refractivity (Wildman–Crippen MR) is 116 cm³/mol. The number of rotatable bonds is 8. The summed E-state index contributed by atoms with van der Waals surface area (Å²) in [6.45, 7) is 0.616. The Morgan fingerprint density at radius 2 is 2.03 bits per heavy atom. The molecule has 0 aliphatic heterocycles. The number of anilines is 1. The molecule has 0 fully saturated rings.